The lowest BCUT2D eigenvalue weighted by molar-refractivity contribution is -0.121. The van der Waals surface area contributed by atoms with Crippen molar-refractivity contribution in [2.75, 3.05) is 6.54 Å². The summed E-state index contributed by atoms with van der Waals surface area (Å²) in [6.45, 7) is 3.89. The van der Waals surface area contributed by atoms with Crippen molar-refractivity contribution >= 4 is 40.6 Å². The van der Waals surface area contributed by atoms with Crippen LogP contribution in [-0.4, -0.2) is 38.7 Å². The monoisotopic (exact) mass is 380 g/mol. The lowest BCUT2D eigenvalue weighted by Gasteiger charge is -2.13. The van der Waals surface area contributed by atoms with Gasteiger partial charge in [0.05, 0.1) is 16.2 Å². The van der Waals surface area contributed by atoms with Gasteiger partial charge in [0.2, 0.25) is 0 Å². The Morgan fingerprint density at radius 2 is 1.89 bits per heavy atom. The maximum atomic E-state index is 12.7. The number of hydrogen-bond donors (Lipinski definition) is 2. The molecule has 1 aliphatic heterocycles. The van der Waals surface area contributed by atoms with E-state index in [4.69, 9.17) is 0 Å². The molecule has 0 bridgehead atoms. The van der Waals surface area contributed by atoms with E-state index < -0.39 is 5.97 Å². The van der Waals surface area contributed by atoms with Gasteiger partial charge >= 0.3 is 5.97 Å². The molecule has 0 unspecified atom stereocenters. The first kappa shape index (κ1) is 18.5. The average molecular weight is 380 g/mol. The van der Waals surface area contributed by atoms with Gasteiger partial charge < -0.3 is 10.2 Å². The lowest BCUT2D eigenvalue weighted by atomic mass is 10.2. The Balaban J connectivity index is 2.03. The first-order valence-electron chi connectivity index (χ1n) is 8.02. The van der Waals surface area contributed by atoms with Crippen molar-refractivity contribution in [3.05, 3.63) is 77.2 Å². The Kier molecular flexibility index (Phi) is 5.42. The molecule has 27 heavy (non-hydrogen) atoms. The van der Waals surface area contributed by atoms with E-state index in [1.165, 1.54) is 17.0 Å². The van der Waals surface area contributed by atoms with Crippen LogP contribution in [-0.2, 0) is 4.79 Å². The van der Waals surface area contributed by atoms with E-state index in [0.29, 0.717) is 15.6 Å². The minimum atomic E-state index is -1.09. The van der Waals surface area contributed by atoms with Crippen molar-refractivity contribution in [2.45, 2.75) is 0 Å². The van der Waals surface area contributed by atoms with Crippen LogP contribution in [0.1, 0.15) is 15.9 Å². The number of aromatic hydroxyl groups is 1. The molecule has 1 aliphatic rings. The summed E-state index contributed by atoms with van der Waals surface area (Å²) < 4.78 is 0. The molecule has 0 aromatic heterocycles. The number of phenolic OH excluding ortho intramolecular Hbond substituents is 1. The van der Waals surface area contributed by atoms with Crippen LogP contribution in [0.5, 0.6) is 5.75 Å². The first-order chi connectivity index (χ1) is 13.0. The van der Waals surface area contributed by atoms with Crippen molar-refractivity contribution in [3.63, 3.8) is 0 Å². The van der Waals surface area contributed by atoms with Gasteiger partial charge in [0.1, 0.15) is 5.75 Å². The van der Waals surface area contributed by atoms with Crippen molar-refractivity contribution in [1.82, 2.24) is 4.90 Å². The third-order valence-electron chi connectivity index (χ3n) is 3.77. The van der Waals surface area contributed by atoms with Gasteiger partial charge in [0.25, 0.3) is 5.91 Å². The predicted molar refractivity (Wildman–Crippen MR) is 106 cm³/mol. The molecule has 2 N–H and O–H groups in total. The number of carboxylic acids is 1. The average Bonchev–Trinajstić information content (AvgIpc) is 2.93. The molecule has 0 aliphatic carbocycles. The third kappa shape index (κ3) is 3.93. The summed E-state index contributed by atoms with van der Waals surface area (Å²) in [5, 5.41) is 19.6. The summed E-state index contributed by atoms with van der Waals surface area (Å²) in [7, 11) is 0. The minimum absolute atomic E-state index is 0.0507. The van der Waals surface area contributed by atoms with E-state index >= 15 is 0 Å². The normalized spacial score (nSPS) is 16.9. The SMILES string of the molecule is C=CCN1C(=O)/C(=C/c2ccccc2O)SC1=Nc1ccccc1C(=O)O. The van der Waals surface area contributed by atoms with Gasteiger partial charge in [-0.2, -0.15) is 0 Å². The number of thioether (sulfide) groups is 1. The molecule has 0 radical (unpaired) electrons. The Hall–Kier alpha value is -3.32. The standard InChI is InChI=1S/C20H16N2O4S/c1-2-11-22-18(24)17(12-13-7-3-6-10-16(13)23)27-20(22)21-15-9-5-4-8-14(15)19(25)26/h2-10,12,23H,1,11H2,(H,25,26)/b17-12-,21-20?. The number of carbonyl (C=O) groups excluding carboxylic acids is 1. The Labute approximate surface area is 160 Å². The number of amidine groups is 1. The smallest absolute Gasteiger partial charge is 0.337 e. The fraction of sp³-hybridized carbons (Fsp3) is 0.0500. The van der Waals surface area contributed by atoms with Crippen LogP contribution in [0.2, 0.25) is 0 Å². The van der Waals surface area contributed by atoms with Gasteiger partial charge in [0.15, 0.2) is 5.17 Å². The van der Waals surface area contributed by atoms with E-state index in [1.54, 1.807) is 48.6 Å². The second-order valence-corrected chi connectivity index (χ2v) is 6.60. The highest BCUT2D eigenvalue weighted by Gasteiger charge is 2.33. The van der Waals surface area contributed by atoms with Crippen LogP contribution in [0.3, 0.4) is 0 Å². The number of carboxylic acid groups (broad SMARTS) is 1. The lowest BCUT2D eigenvalue weighted by Crippen LogP contribution is -2.29. The highest BCUT2D eigenvalue weighted by Crippen LogP contribution is 2.35. The zero-order valence-electron chi connectivity index (χ0n) is 14.2. The number of para-hydroxylation sites is 2. The molecule has 7 heteroatoms. The van der Waals surface area contributed by atoms with Crippen molar-refractivity contribution in [1.29, 1.82) is 0 Å². The van der Waals surface area contributed by atoms with Gasteiger partial charge in [-0.3, -0.25) is 9.69 Å². The number of benzene rings is 2. The highest BCUT2D eigenvalue weighted by molar-refractivity contribution is 8.18. The number of amides is 1. The topological polar surface area (TPSA) is 90.2 Å². The van der Waals surface area contributed by atoms with E-state index in [1.807, 2.05) is 0 Å². The van der Waals surface area contributed by atoms with E-state index in [0.717, 1.165) is 11.8 Å². The van der Waals surface area contributed by atoms with E-state index in [2.05, 4.69) is 11.6 Å². The predicted octanol–water partition coefficient (Wildman–Crippen LogP) is 3.88. The molecular weight excluding hydrogens is 364 g/mol. The van der Waals surface area contributed by atoms with Crippen molar-refractivity contribution < 1.29 is 19.8 Å². The number of aromatic carboxylic acids is 1. The number of phenols is 1. The fourth-order valence-electron chi connectivity index (χ4n) is 2.49. The van der Waals surface area contributed by atoms with Gasteiger partial charge in [0, 0.05) is 12.1 Å². The minimum Gasteiger partial charge on any atom is -0.507 e. The molecule has 1 saturated heterocycles. The zero-order chi connectivity index (χ0) is 19.4. The van der Waals surface area contributed by atoms with Gasteiger partial charge in [-0.15, -0.1) is 6.58 Å². The second-order valence-electron chi connectivity index (χ2n) is 5.59. The molecule has 1 heterocycles. The van der Waals surface area contributed by atoms with Crippen molar-refractivity contribution in [3.8, 4) is 5.75 Å². The number of rotatable bonds is 5. The largest absolute Gasteiger partial charge is 0.507 e. The van der Waals surface area contributed by atoms with E-state index in [9.17, 15) is 19.8 Å². The molecule has 136 valence electrons. The molecule has 6 nitrogen and oxygen atoms in total. The Bertz CT molecular complexity index is 981. The van der Waals surface area contributed by atoms with Gasteiger partial charge in [-0.25, -0.2) is 9.79 Å². The van der Waals surface area contributed by atoms with Crippen LogP contribution in [0.4, 0.5) is 5.69 Å². The van der Waals surface area contributed by atoms with Crippen LogP contribution in [0, 0.1) is 0 Å². The molecule has 2 aromatic carbocycles. The maximum Gasteiger partial charge on any atom is 0.337 e. The van der Waals surface area contributed by atoms with Crippen LogP contribution < -0.4 is 0 Å². The molecule has 2 aromatic rings. The molecule has 1 amide bonds. The number of hydrogen-bond acceptors (Lipinski definition) is 5. The van der Waals surface area contributed by atoms with E-state index in [-0.39, 0.29) is 29.5 Å². The second kappa shape index (κ2) is 7.92. The molecule has 3 rings (SSSR count). The quantitative estimate of drug-likeness (QED) is 0.607. The molecular formula is C20H16N2O4S. The number of carbonyl (C=O) groups is 2. The molecule has 0 saturated carbocycles. The summed E-state index contributed by atoms with van der Waals surface area (Å²) >= 11 is 1.12. The van der Waals surface area contributed by atoms with Crippen LogP contribution in [0.25, 0.3) is 6.08 Å². The van der Waals surface area contributed by atoms with Crippen molar-refractivity contribution in [2.24, 2.45) is 4.99 Å². The molecule has 1 fully saturated rings. The molecule has 0 spiro atoms. The van der Waals surface area contributed by atoms with Crippen LogP contribution >= 0.6 is 11.8 Å². The fourth-order valence-corrected chi connectivity index (χ4v) is 3.48. The van der Waals surface area contributed by atoms with Crippen LogP contribution in [0.15, 0.2) is 71.1 Å². The number of aliphatic imine (C=N–C) groups is 1. The first-order valence-corrected chi connectivity index (χ1v) is 8.84. The Morgan fingerprint density at radius 3 is 2.59 bits per heavy atom. The maximum absolute atomic E-state index is 12.7. The summed E-state index contributed by atoms with van der Waals surface area (Å²) in [5.74, 6) is -1.31. The molecule has 0 atom stereocenters. The summed E-state index contributed by atoms with van der Waals surface area (Å²) in [4.78, 5) is 30.3. The van der Waals surface area contributed by atoms with Gasteiger partial charge in [-0.1, -0.05) is 36.4 Å². The summed E-state index contributed by atoms with van der Waals surface area (Å²) in [6.07, 6.45) is 3.16. The highest BCUT2D eigenvalue weighted by atomic mass is 32.2. The van der Waals surface area contributed by atoms with Gasteiger partial charge in [-0.05, 0) is 36.0 Å². The zero-order valence-corrected chi connectivity index (χ0v) is 15.0. The third-order valence-corrected chi connectivity index (χ3v) is 4.78. The number of nitrogens with zero attached hydrogens (tertiary/aromatic N) is 2. The summed E-state index contributed by atoms with van der Waals surface area (Å²) in [5.41, 5.74) is 0.826. The Morgan fingerprint density at radius 1 is 1.19 bits per heavy atom. The summed E-state index contributed by atoms with van der Waals surface area (Å²) in [6, 6.07) is 13.0.